The molecule has 1 nitrogen and oxygen atoms in total. The van der Waals surface area contributed by atoms with E-state index < -0.39 is 0 Å². The highest BCUT2D eigenvalue weighted by atomic mass is 35.5. The number of ketones is 1. The number of benzene rings is 2. The molecular formula is C16H13ClOS. The summed E-state index contributed by atoms with van der Waals surface area (Å²) >= 11 is 7.63. The predicted molar refractivity (Wildman–Crippen MR) is 80.1 cm³/mol. The van der Waals surface area contributed by atoms with Gasteiger partial charge in [0, 0.05) is 22.1 Å². The van der Waals surface area contributed by atoms with Crippen LogP contribution in [0.4, 0.5) is 0 Å². The molecule has 19 heavy (non-hydrogen) atoms. The molecule has 0 bridgehead atoms. The van der Waals surface area contributed by atoms with Gasteiger partial charge in [-0.25, -0.2) is 0 Å². The minimum absolute atomic E-state index is 0.0388. The molecule has 0 fully saturated rings. The molecule has 1 atom stereocenters. The van der Waals surface area contributed by atoms with E-state index in [1.165, 1.54) is 10.5 Å². The first-order chi connectivity index (χ1) is 9.24. The average molecular weight is 289 g/mol. The van der Waals surface area contributed by atoms with E-state index in [2.05, 4.69) is 12.1 Å². The highest BCUT2D eigenvalue weighted by Gasteiger charge is 2.28. The van der Waals surface area contributed by atoms with Crippen molar-refractivity contribution in [3.63, 3.8) is 0 Å². The summed E-state index contributed by atoms with van der Waals surface area (Å²) in [4.78, 5) is 13.7. The Morgan fingerprint density at radius 3 is 2.68 bits per heavy atom. The standard InChI is InChI=1S/C16H13ClOS/c17-12-7-5-11(6-8-12)9-15(18)14-10-19-16-4-2-1-3-13(14)16/h1-8,14H,9-10H2. The minimum Gasteiger partial charge on any atom is -0.299 e. The van der Waals surface area contributed by atoms with Gasteiger partial charge in [0.1, 0.15) is 5.78 Å². The van der Waals surface area contributed by atoms with Crippen molar-refractivity contribution in [2.24, 2.45) is 0 Å². The van der Waals surface area contributed by atoms with Gasteiger partial charge in [0.25, 0.3) is 0 Å². The van der Waals surface area contributed by atoms with Gasteiger partial charge in [0.2, 0.25) is 0 Å². The first-order valence-corrected chi connectivity index (χ1v) is 7.59. The molecule has 0 saturated carbocycles. The van der Waals surface area contributed by atoms with E-state index >= 15 is 0 Å². The first kappa shape index (κ1) is 12.8. The smallest absolute Gasteiger partial charge is 0.145 e. The molecule has 2 aromatic rings. The lowest BCUT2D eigenvalue weighted by atomic mass is 9.93. The lowest BCUT2D eigenvalue weighted by molar-refractivity contribution is -0.119. The number of Topliss-reactive ketones (excluding diaryl/α,β-unsaturated/α-hetero) is 1. The molecule has 3 rings (SSSR count). The van der Waals surface area contributed by atoms with Crippen LogP contribution in [0.15, 0.2) is 53.4 Å². The molecule has 0 aliphatic carbocycles. The number of halogens is 1. The summed E-state index contributed by atoms with van der Waals surface area (Å²) in [5.74, 6) is 1.20. The van der Waals surface area contributed by atoms with Crippen LogP contribution in [0.3, 0.4) is 0 Å². The molecule has 0 amide bonds. The fourth-order valence-corrected chi connectivity index (χ4v) is 3.75. The average Bonchev–Trinajstić information content (AvgIpc) is 2.85. The molecule has 2 aromatic carbocycles. The van der Waals surface area contributed by atoms with Crippen molar-refractivity contribution >= 4 is 29.1 Å². The maximum absolute atomic E-state index is 12.4. The molecule has 1 aliphatic rings. The van der Waals surface area contributed by atoms with E-state index in [1.807, 2.05) is 36.4 Å². The number of hydrogen-bond acceptors (Lipinski definition) is 2. The number of hydrogen-bond donors (Lipinski definition) is 0. The number of fused-ring (bicyclic) bond motifs is 1. The van der Waals surface area contributed by atoms with Crippen LogP contribution in [-0.2, 0) is 11.2 Å². The fraction of sp³-hybridized carbons (Fsp3) is 0.188. The zero-order chi connectivity index (χ0) is 13.2. The van der Waals surface area contributed by atoms with Gasteiger partial charge in [-0.15, -0.1) is 11.8 Å². The molecule has 0 radical (unpaired) electrons. The highest BCUT2D eigenvalue weighted by Crippen LogP contribution is 2.40. The van der Waals surface area contributed by atoms with Crippen molar-refractivity contribution in [1.82, 2.24) is 0 Å². The van der Waals surface area contributed by atoms with Crippen LogP contribution >= 0.6 is 23.4 Å². The maximum atomic E-state index is 12.4. The van der Waals surface area contributed by atoms with Crippen molar-refractivity contribution < 1.29 is 4.79 Å². The molecule has 1 aliphatic heterocycles. The summed E-state index contributed by atoms with van der Waals surface area (Å²) in [7, 11) is 0. The topological polar surface area (TPSA) is 17.1 Å². The quantitative estimate of drug-likeness (QED) is 0.836. The van der Waals surface area contributed by atoms with Crippen LogP contribution in [0.2, 0.25) is 5.02 Å². The second-order valence-corrected chi connectivity index (χ2v) is 6.17. The van der Waals surface area contributed by atoms with Crippen LogP contribution in [0.1, 0.15) is 17.0 Å². The van der Waals surface area contributed by atoms with Crippen LogP contribution in [0.5, 0.6) is 0 Å². The third-order valence-corrected chi connectivity index (χ3v) is 4.81. The minimum atomic E-state index is 0.0388. The number of carbonyl (C=O) groups is 1. The van der Waals surface area contributed by atoms with E-state index in [1.54, 1.807) is 11.8 Å². The van der Waals surface area contributed by atoms with Crippen molar-refractivity contribution in [1.29, 1.82) is 0 Å². The second-order valence-electron chi connectivity index (χ2n) is 4.67. The summed E-state index contributed by atoms with van der Waals surface area (Å²) in [6, 6.07) is 15.7. The Kier molecular flexibility index (Phi) is 3.63. The lowest BCUT2D eigenvalue weighted by Crippen LogP contribution is -2.14. The Bertz CT molecular complexity index is 606. The highest BCUT2D eigenvalue weighted by molar-refractivity contribution is 7.99. The Labute approximate surface area is 122 Å². The number of thioether (sulfide) groups is 1. The van der Waals surface area contributed by atoms with Crippen LogP contribution in [0.25, 0.3) is 0 Å². The Hall–Kier alpha value is -1.25. The van der Waals surface area contributed by atoms with Gasteiger partial charge in [-0.3, -0.25) is 4.79 Å². The summed E-state index contributed by atoms with van der Waals surface area (Å²) in [5, 5.41) is 0.706. The zero-order valence-corrected chi connectivity index (χ0v) is 11.9. The second kappa shape index (κ2) is 5.40. The predicted octanol–water partition coefficient (Wildman–Crippen LogP) is 4.34. The molecule has 1 unspecified atom stereocenters. The Morgan fingerprint density at radius 2 is 1.89 bits per heavy atom. The Morgan fingerprint density at radius 1 is 1.16 bits per heavy atom. The largest absolute Gasteiger partial charge is 0.299 e. The molecule has 0 spiro atoms. The summed E-state index contributed by atoms with van der Waals surface area (Å²) in [5.41, 5.74) is 2.22. The molecule has 0 N–H and O–H groups in total. The molecular weight excluding hydrogens is 276 g/mol. The SMILES string of the molecule is O=C(Cc1ccc(Cl)cc1)C1CSc2ccccc21. The van der Waals surface area contributed by atoms with Crippen molar-refractivity contribution in [3.05, 3.63) is 64.7 Å². The van der Waals surface area contributed by atoms with Gasteiger partial charge in [0.05, 0.1) is 5.92 Å². The van der Waals surface area contributed by atoms with E-state index in [0.29, 0.717) is 17.2 Å². The molecule has 0 saturated heterocycles. The summed E-state index contributed by atoms with van der Waals surface area (Å²) < 4.78 is 0. The van der Waals surface area contributed by atoms with Gasteiger partial charge in [0.15, 0.2) is 0 Å². The van der Waals surface area contributed by atoms with Gasteiger partial charge < -0.3 is 0 Å². The van der Waals surface area contributed by atoms with Gasteiger partial charge in [-0.1, -0.05) is 41.9 Å². The summed E-state index contributed by atoms with van der Waals surface area (Å²) in [6.07, 6.45) is 0.483. The molecule has 96 valence electrons. The van der Waals surface area contributed by atoms with E-state index in [0.717, 1.165) is 11.3 Å². The van der Waals surface area contributed by atoms with E-state index in [9.17, 15) is 4.79 Å². The molecule has 1 heterocycles. The van der Waals surface area contributed by atoms with Crippen molar-refractivity contribution in [2.45, 2.75) is 17.2 Å². The number of carbonyl (C=O) groups excluding carboxylic acids is 1. The summed E-state index contributed by atoms with van der Waals surface area (Å²) in [6.45, 7) is 0. The van der Waals surface area contributed by atoms with Crippen LogP contribution < -0.4 is 0 Å². The van der Waals surface area contributed by atoms with Crippen LogP contribution in [0, 0.1) is 0 Å². The Balaban J connectivity index is 1.77. The first-order valence-electron chi connectivity index (χ1n) is 6.23. The lowest BCUT2D eigenvalue weighted by Gasteiger charge is -2.09. The van der Waals surface area contributed by atoms with Crippen molar-refractivity contribution in [2.75, 3.05) is 5.75 Å². The third kappa shape index (κ3) is 2.70. The van der Waals surface area contributed by atoms with Crippen LogP contribution in [-0.4, -0.2) is 11.5 Å². The van der Waals surface area contributed by atoms with E-state index in [-0.39, 0.29) is 5.92 Å². The monoisotopic (exact) mass is 288 g/mol. The van der Waals surface area contributed by atoms with Gasteiger partial charge in [-0.05, 0) is 29.3 Å². The number of rotatable bonds is 3. The normalized spacial score (nSPS) is 17.2. The van der Waals surface area contributed by atoms with E-state index in [4.69, 9.17) is 11.6 Å². The zero-order valence-electron chi connectivity index (χ0n) is 10.3. The fourth-order valence-electron chi connectivity index (χ4n) is 2.36. The third-order valence-electron chi connectivity index (χ3n) is 3.38. The molecule has 3 heteroatoms. The maximum Gasteiger partial charge on any atom is 0.145 e. The molecule has 0 aromatic heterocycles. The van der Waals surface area contributed by atoms with Crippen molar-refractivity contribution in [3.8, 4) is 0 Å². The van der Waals surface area contributed by atoms with Gasteiger partial charge in [-0.2, -0.15) is 0 Å². The van der Waals surface area contributed by atoms with Gasteiger partial charge >= 0.3 is 0 Å².